The number of carbonyl (C=O) groups excluding carboxylic acids is 1. The van der Waals surface area contributed by atoms with Crippen molar-refractivity contribution in [3.05, 3.63) is 34.3 Å². The molecule has 2 aliphatic rings. The Hall–Kier alpha value is -0.910. The van der Waals surface area contributed by atoms with Crippen LogP contribution in [0.4, 0.5) is 0 Å². The predicted octanol–water partition coefficient (Wildman–Crippen LogP) is 2.87. The molecule has 0 radical (unpaired) electrons. The van der Waals surface area contributed by atoms with E-state index in [2.05, 4.69) is 22.0 Å². The average molecular weight is 367 g/mol. The molecule has 0 aromatic heterocycles. The molecule has 0 unspecified atom stereocenters. The number of benzene rings is 1. The van der Waals surface area contributed by atoms with Crippen molar-refractivity contribution in [2.45, 2.75) is 37.8 Å². The fourth-order valence-electron chi connectivity index (χ4n) is 3.48. The smallest absolute Gasteiger partial charge is 0.225 e. The third-order valence-corrected chi connectivity index (χ3v) is 5.42. The van der Waals surface area contributed by atoms with Gasteiger partial charge in [0.1, 0.15) is 6.10 Å². The Morgan fingerprint density at radius 3 is 2.91 bits per heavy atom. The van der Waals surface area contributed by atoms with E-state index < -0.39 is 0 Å². The summed E-state index contributed by atoms with van der Waals surface area (Å²) in [6.45, 7) is 1.91. The highest BCUT2D eigenvalue weighted by Gasteiger charge is 2.32. The molecular weight excluding hydrogens is 344 g/mol. The molecule has 120 valence electrons. The first-order valence-electron chi connectivity index (χ1n) is 8.05. The maximum absolute atomic E-state index is 12.8. The zero-order valence-electron chi connectivity index (χ0n) is 12.7. The van der Waals surface area contributed by atoms with E-state index in [1.807, 2.05) is 23.1 Å². The molecule has 1 saturated carbocycles. The van der Waals surface area contributed by atoms with Gasteiger partial charge in [-0.2, -0.15) is 0 Å². The number of amides is 1. The summed E-state index contributed by atoms with van der Waals surface area (Å²) >= 11 is 3.57. The first kappa shape index (κ1) is 16.0. The van der Waals surface area contributed by atoms with Crippen molar-refractivity contribution < 1.29 is 9.53 Å². The lowest BCUT2D eigenvalue weighted by molar-refractivity contribution is -0.144. The summed E-state index contributed by atoms with van der Waals surface area (Å²) in [7, 11) is 0. The molecule has 2 N–H and O–H groups in total. The molecule has 22 heavy (non-hydrogen) atoms. The highest BCUT2D eigenvalue weighted by atomic mass is 79.9. The van der Waals surface area contributed by atoms with Gasteiger partial charge in [0.05, 0.1) is 13.2 Å². The molecule has 1 saturated heterocycles. The minimum absolute atomic E-state index is 0.0504. The highest BCUT2D eigenvalue weighted by molar-refractivity contribution is 9.10. The zero-order chi connectivity index (χ0) is 15.5. The maximum Gasteiger partial charge on any atom is 0.225 e. The number of halogens is 1. The zero-order valence-corrected chi connectivity index (χ0v) is 14.3. The van der Waals surface area contributed by atoms with Crippen molar-refractivity contribution in [3.63, 3.8) is 0 Å². The van der Waals surface area contributed by atoms with E-state index >= 15 is 0 Å². The minimum Gasteiger partial charge on any atom is -0.370 e. The van der Waals surface area contributed by atoms with Crippen LogP contribution >= 0.6 is 15.9 Å². The van der Waals surface area contributed by atoms with Gasteiger partial charge in [-0.3, -0.25) is 4.79 Å². The summed E-state index contributed by atoms with van der Waals surface area (Å²) in [5.74, 6) is 0.359. The monoisotopic (exact) mass is 366 g/mol. The second-order valence-electron chi connectivity index (χ2n) is 6.29. The molecule has 0 spiro atoms. The molecule has 3 rings (SSSR count). The van der Waals surface area contributed by atoms with Gasteiger partial charge in [0.15, 0.2) is 0 Å². The van der Waals surface area contributed by atoms with Crippen molar-refractivity contribution in [2.75, 3.05) is 19.7 Å². The lowest BCUT2D eigenvalue weighted by Crippen LogP contribution is -2.46. The summed E-state index contributed by atoms with van der Waals surface area (Å²) in [4.78, 5) is 14.7. The standard InChI is InChI=1S/C17H23BrN2O2/c18-15-7-2-1-6-14(15)16-11-20(8-9-22-16)17(21)12-4-3-5-13(19)10-12/h1-2,6-7,12-13,16H,3-5,8-11,19H2/t12-,13-,16+/m1/s1. The number of hydrogen-bond acceptors (Lipinski definition) is 3. The van der Waals surface area contributed by atoms with Crippen molar-refractivity contribution in [1.82, 2.24) is 4.90 Å². The molecule has 1 aliphatic carbocycles. The van der Waals surface area contributed by atoms with Gasteiger partial charge >= 0.3 is 0 Å². The number of nitrogens with two attached hydrogens (primary N) is 1. The molecule has 0 bridgehead atoms. The molecule has 5 heteroatoms. The fourth-order valence-corrected chi connectivity index (χ4v) is 4.02. The van der Waals surface area contributed by atoms with Crippen LogP contribution in [0.3, 0.4) is 0 Å². The minimum atomic E-state index is -0.0504. The Balaban J connectivity index is 1.68. The number of hydrogen-bond donors (Lipinski definition) is 1. The second kappa shape index (κ2) is 7.11. The predicted molar refractivity (Wildman–Crippen MR) is 89.3 cm³/mol. The fraction of sp³-hybridized carbons (Fsp3) is 0.588. The quantitative estimate of drug-likeness (QED) is 0.875. The largest absolute Gasteiger partial charge is 0.370 e. The van der Waals surface area contributed by atoms with Crippen LogP contribution in [-0.4, -0.2) is 36.5 Å². The lowest BCUT2D eigenvalue weighted by atomic mass is 9.85. The number of rotatable bonds is 2. The summed E-state index contributed by atoms with van der Waals surface area (Å²) in [6, 6.07) is 8.24. The van der Waals surface area contributed by atoms with Gasteiger partial charge in [0.2, 0.25) is 5.91 Å². The van der Waals surface area contributed by atoms with E-state index in [4.69, 9.17) is 10.5 Å². The van der Waals surface area contributed by atoms with Crippen LogP contribution in [0.1, 0.15) is 37.4 Å². The van der Waals surface area contributed by atoms with Crippen LogP contribution in [-0.2, 0) is 9.53 Å². The third kappa shape index (κ3) is 3.53. The van der Waals surface area contributed by atoms with Gasteiger partial charge in [0, 0.05) is 23.0 Å². The molecule has 2 fully saturated rings. The van der Waals surface area contributed by atoms with E-state index in [0.717, 1.165) is 35.7 Å². The number of ether oxygens (including phenoxy) is 1. The Labute approximate surface area is 140 Å². The van der Waals surface area contributed by atoms with E-state index in [1.165, 1.54) is 0 Å². The topological polar surface area (TPSA) is 55.6 Å². The van der Waals surface area contributed by atoms with Gasteiger partial charge in [-0.15, -0.1) is 0 Å². The Bertz CT molecular complexity index is 537. The first-order chi connectivity index (χ1) is 10.6. The van der Waals surface area contributed by atoms with Crippen LogP contribution in [0, 0.1) is 5.92 Å². The Morgan fingerprint density at radius 2 is 2.14 bits per heavy atom. The number of carbonyl (C=O) groups is 1. The van der Waals surface area contributed by atoms with Gasteiger partial charge in [0.25, 0.3) is 0 Å². The number of nitrogens with zero attached hydrogens (tertiary/aromatic N) is 1. The lowest BCUT2D eigenvalue weighted by Gasteiger charge is -2.37. The van der Waals surface area contributed by atoms with Crippen molar-refractivity contribution >= 4 is 21.8 Å². The van der Waals surface area contributed by atoms with Crippen molar-refractivity contribution in [2.24, 2.45) is 11.7 Å². The van der Waals surface area contributed by atoms with Crippen LogP contribution in [0.2, 0.25) is 0 Å². The van der Waals surface area contributed by atoms with Crippen molar-refractivity contribution in [3.8, 4) is 0 Å². The summed E-state index contributed by atoms with van der Waals surface area (Å²) in [5, 5.41) is 0. The molecule has 1 aromatic carbocycles. The van der Waals surface area contributed by atoms with Gasteiger partial charge in [-0.25, -0.2) is 0 Å². The SMILES string of the molecule is N[C@@H]1CCC[C@@H](C(=O)N2CCO[C@H](c3ccccc3Br)C2)C1. The van der Waals surface area contributed by atoms with E-state index in [9.17, 15) is 4.79 Å². The van der Waals surface area contributed by atoms with Crippen molar-refractivity contribution in [1.29, 1.82) is 0 Å². The third-order valence-electron chi connectivity index (χ3n) is 4.69. The molecule has 1 aliphatic heterocycles. The van der Waals surface area contributed by atoms with Crippen LogP contribution in [0.5, 0.6) is 0 Å². The summed E-state index contributed by atoms with van der Waals surface area (Å²) in [6.07, 6.45) is 3.87. The van der Waals surface area contributed by atoms with Gasteiger partial charge in [-0.05, 0) is 30.9 Å². The molecule has 1 amide bonds. The highest BCUT2D eigenvalue weighted by Crippen LogP contribution is 2.31. The maximum atomic E-state index is 12.8. The molecular formula is C17H23BrN2O2. The van der Waals surface area contributed by atoms with Gasteiger partial charge in [-0.1, -0.05) is 40.5 Å². The molecule has 1 aromatic rings. The van der Waals surface area contributed by atoms with Crippen LogP contribution in [0.15, 0.2) is 28.7 Å². The summed E-state index contributed by atoms with van der Waals surface area (Å²) in [5.41, 5.74) is 7.14. The van der Waals surface area contributed by atoms with E-state index in [-0.39, 0.29) is 24.0 Å². The first-order valence-corrected chi connectivity index (χ1v) is 8.85. The average Bonchev–Trinajstić information content (AvgIpc) is 2.55. The summed E-state index contributed by atoms with van der Waals surface area (Å²) < 4.78 is 6.92. The normalized spacial score (nSPS) is 29.4. The van der Waals surface area contributed by atoms with Gasteiger partial charge < -0.3 is 15.4 Å². The molecule has 3 atom stereocenters. The number of morpholine rings is 1. The molecule has 4 nitrogen and oxygen atoms in total. The second-order valence-corrected chi connectivity index (χ2v) is 7.14. The van der Waals surface area contributed by atoms with E-state index in [0.29, 0.717) is 19.7 Å². The van der Waals surface area contributed by atoms with Crippen LogP contribution < -0.4 is 5.73 Å². The van der Waals surface area contributed by atoms with E-state index in [1.54, 1.807) is 0 Å². The Morgan fingerprint density at radius 1 is 1.32 bits per heavy atom. The molecule has 1 heterocycles. The Kier molecular flexibility index (Phi) is 5.16. The van der Waals surface area contributed by atoms with Crippen LogP contribution in [0.25, 0.3) is 0 Å².